The molecule has 0 fully saturated rings. The zero-order valence-corrected chi connectivity index (χ0v) is 19.7. The Bertz CT molecular complexity index is 1040. The molecule has 1 heteroatoms. The standard InChI is InChI=1S/C26H25N.C4H10/c1-4-6-20-9-11-22(12-10-20)25-17-27-26-23(14-19(3)15-24(25)26)16-21-8-5-7-18(2)13-21;1-3-4-2/h5,7-14,17,19,24H,15-16H2,1-3H3;3-4H2,1-2H3. The van der Waals surface area contributed by atoms with Crippen molar-refractivity contribution in [1.82, 2.24) is 0 Å². The summed E-state index contributed by atoms with van der Waals surface area (Å²) >= 11 is 0. The largest absolute Gasteiger partial charge is 0.260 e. The molecular weight excluding hydrogens is 374 g/mol. The van der Waals surface area contributed by atoms with Crippen molar-refractivity contribution >= 4 is 11.3 Å². The van der Waals surface area contributed by atoms with Crippen LogP contribution < -0.4 is 0 Å². The third-order valence-electron chi connectivity index (χ3n) is 5.94. The molecule has 0 saturated carbocycles. The summed E-state index contributed by atoms with van der Waals surface area (Å²) < 4.78 is 0. The van der Waals surface area contributed by atoms with Crippen LogP contribution in [0.2, 0.25) is 0 Å². The second kappa shape index (κ2) is 11.0. The average molecular weight is 410 g/mol. The van der Waals surface area contributed by atoms with Crippen molar-refractivity contribution < 1.29 is 0 Å². The van der Waals surface area contributed by atoms with Gasteiger partial charge in [0.1, 0.15) is 0 Å². The van der Waals surface area contributed by atoms with E-state index in [1.807, 2.05) is 6.92 Å². The zero-order valence-electron chi connectivity index (χ0n) is 19.7. The van der Waals surface area contributed by atoms with E-state index in [9.17, 15) is 0 Å². The molecule has 1 aliphatic heterocycles. The predicted molar refractivity (Wildman–Crippen MR) is 135 cm³/mol. The molecule has 0 aromatic heterocycles. The van der Waals surface area contributed by atoms with E-state index < -0.39 is 0 Å². The summed E-state index contributed by atoms with van der Waals surface area (Å²) in [4.78, 5) is 4.87. The van der Waals surface area contributed by atoms with Gasteiger partial charge < -0.3 is 0 Å². The fraction of sp³-hybridized carbons (Fsp3) is 0.367. The van der Waals surface area contributed by atoms with Crippen molar-refractivity contribution in [1.29, 1.82) is 0 Å². The van der Waals surface area contributed by atoms with Crippen molar-refractivity contribution in [2.75, 3.05) is 0 Å². The van der Waals surface area contributed by atoms with Gasteiger partial charge in [-0.2, -0.15) is 0 Å². The van der Waals surface area contributed by atoms with Crippen LogP contribution in [-0.4, -0.2) is 5.71 Å². The highest BCUT2D eigenvalue weighted by atomic mass is 14.8. The minimum absolute atomic E-state index is 0.410. The van der Waals surface area contributed by atoms with Crippen LogP contribution in [0.5, 0.6) is 0 Å². The number of hydrogen-bond donors (Lipinski definition) is 0. The van der Waals surface area contributed by atoms with E-state index in [0.717, 1.165) is 18.4 Å². The van der Waals surface area contributed by atoms with Crippen LogP contribution in [0, 0.1) is 30.6 Å². The van der Waals surface area contributed by atoms with Crippen molar-refractivity contribution in [3.05, 3.63) is 88.6 Å². The Hall–Kier alpha value is -2.85. The second-order valence-corrected chi connectivity index (χ2v) is 8.67. The first-order chi connectivity index (χ1) is 15.0. The molecule has 0 spiro atoms. The van der Waals surface area contributed by atoms with Crippen molar-refractivity contribution in [2.24, 2.45) is 16.8 Å². The molecule has 160 valence electrons. The predicted octanol–water partition coefficient (Wildman–Crippen LogP) is 7.79. The molecule has 2 aromatic rings. The van der Waals surface area contributed by atoms with Gasteiger partial charge in [0.05, 0.1) is 5.71 Å². The van der Waals surface area contributed by atoms with Crippen LogP contribution in [0.4, 0.5) is 0 Å². The average Bonchev–Trinajstić information content (AvgIpc) is 3.19. The highest BCUT2D eigenvalue weighted by Crippen LogP contribution is 2.40. The molecule has 0 saturated heterocycles. The van der Waals surface area contributed by atoms with Gasteiger partial charge in [-0.15, -0.1) is 5.92 Å². The molecule has 1 aliphatic carbocycles. The summed E-state index contributed by atoms with van der Waals surface area (Å²) in [6.07, 6.45) is 9.25. The van der Waals surface area contributed by atoms with Gasteiger partial charge in [-0.05, 0) is 67.0 Å². The number of unbranched alkanes of at least 4 members (excludes halogenated alkanes) is 1. The molecule has 2 aromatic carbocycles. The monoisotopic (exact) mass is 409 g/mol. The number of rotatable bonds is 4. The van der Waals surface area contributed by atoms with E-state index in [1.165, 1.54) is 46.4 Å². The Morgan fingerprint density at radius 2 is 1.77 bits per heavy atom. The topological polar surface area (TPSA) is 12.4 Å². The third kappa shape index (κ3) is 5.86. The molecule has 1 nitrogen and oxygen atoms in total. The van der Waals surface area contributed by atoms with Gasteiger partial charge in [-0.25, -0.2) is 0 Å². The number of aryl methyl sites for hydroxylation is 1. The molecular formula is C30H35N. The number of allylic oxidation sites excluding steroid dienone is 3. The lowest BCUT2D eigenvalue weighted by atomic mass is 9.76. The number of hydrogen-bond acceptors (Lipinski definition) is 1. The van der Waals surface area contributed by atoms with Crippen LogP contribution in [-0.2, 0) is 6.42 Å². The van der Waals surface area contributed by atoms with Gasteiger partial charge in [-0.3, -0.25) is 4.99 Å². The molecule has 4 rings (SSSR count). The van der Waals surface area contributed by atoms with Gasteiger partial charge >= 0.3 is 0 Å². The quantitative estimate of drug-likeness (QED) is 0.457. The van der Waals surface area contributed by atoms with Crippen LogP contribution in [0.3, 0.4) is 0 Å². The normalized spacial score (nSPS) is 19.1. The lowest BCUT2D eigenvalue weighted by Gasteiger charge is -2.27. The number of benzene rings is 2. The smallest absolute Gasteiger partial charge is 0.0511 e. The second-order valence-electron chi connectivity index (χ2n) is 8.67. The third-order valence-corrected chi connectivity index (χ3v) is 5.94. The Labute approximate surface area is 189 Å². The molecule has 2 atom stereocenters. The van der Waals surface area contributed by atoms with Gasteiger partial charge in [0.25, 0.3) is 0 Å². The lowest BCUT2D eigenvalue weighted by Crippen LogP contribution is -2.24. The van der Waals surface area contributed by atoms with Crippen molar-refractivity contribution in [2.45, 2.75) is 60.3 Å². The van der Waals surface area contributed by atoms with Gasteiger partial charge in [0.15, 0.2) is 0 Å². The number of fused-ring (bicyclic) bond motifs is 1. The van der Waals surface area contributed by atoms with Crippen LogP contribution in [0.1, 0.15) is 69.2 Å². The molecule has 31 heavy (non-hydrogen) atoms. The summed E-state index contributed by atoms with van der Waals surface area (Å²) in [5.41, 5.74) is 9.03. The Morgan fingerprint density at radius 3 is 2.42 bits per heavy atom. The molecule has 1 heterocycles. The summed E-state index contributed by atoms with van der Waals surface area (Å²) in [6, 6.07) is 17.4. The highest BCUT2D eigenvalue weighted by Gasteiger charge is 2.32. The first-order valence-corrected chi connectivity index (χ1v) is 11.6. The maximum atomic E-state index is 4.87. The SMILES string of the molecule is CC#Cc1ccc(C2=CN=C3C(Cc4cccc(C)c4)=CC(C)CC23)cc1.CCCC. The van der Waals surface area contributed by atoms with Crippen molar-refractivity contribution in [3.63, 3.8) is 0 Å². The van der Waals surface area contributed by atoms with Crippen LogP contribution >= 0.6 is 0 Å². The Kier molecular flexibility index (Phi) is 8.07. The number of nitrogens with zero attached hydrogens (tertiary/aromatic N) is 1. The fourth-order valence-electron chi connectivity index (χ4n) is 4.24. The van der Waals surface area contributed by atoms with Gasteiger partial charge in [0, 0.05) is 17.7 Å². The summed E-state index contributed by atoms with van der Waals surface area (Å²) in [5, 5.41) is 0. The van der Waals surface area contributed by atoms with Crippen LogP contribution in [0.15, 0.2) is 71.4 Å². The van der Waals surface area contributed by atoms with Crippen LogP contribution in [0.25, 0.3) is 5.57 Å². The van der Waals surface area contributed by atoms with E-state index >= 15 is 0 Å². The molecule has 2 unspecified atom stereocenters. The fourth-order valence-corrected chi connectivity index (χ4v) is 4.24. The van der Waals surface area contributed by atoms with Crippen molar-refractivity contribution in [3.8, 4) is 11.8 Å². The zero-order chi connectivity index (χ0) is 22.2. The molecule has 0 amide bonds. The lowest BCUT2D eigenvalue weighted by molar-refractivity contribution is 0.594. The molecule has 0 bridgehead atoms. The summed E-state index contributed by atoms with van der Waals surface area (Å²) in [6.45, 7) is 10.7. The highest BCUT2D eigenvalue weighted by molar-refractivity contribution is 6.12. The first kappa shape index (κ1) is 22.8. The van der Waals surface area contributed by atoms with Gasteiger partial charge in [0.2, 0.25) is 0 Å². The van der Waals surface area contributed by atoms with E-state index in [1.54, 1.807) is 0 Å². The minimum Gasteiger partial charge on any atom is -0.260 e. The minimum atomic E-state index is 0.410. The molecule has 0 N–H and O–H groups in total. The summed E-state index contributed by atoms with van der Waals surface area (Å²) in [5.74, 6) is 7.06. The number of aliphatic imine (C=N–C) groups is 1. The summed E-state index contributed by atoms with van der Waals surface area (Å²) in [7, 11) is 0. The van der Waals surface area contributed by atoms with E-state index in [0.29, 0.717) is 11.8 Å². The van der Waals surface area contributed by atoms with E-state index in [2.05, 4.69) is 100 Å². The Morgan fingerprint density at radius 1 is 1.03 bits per heavy atom. The maximum absolute atomic E-state index is 4.87. The van der Waals surface area contributed by atoms with E-state index in [-0.39, 0.29) is 0 Å². The Balaban J connectivity index is 0.000000628. The van der Waals surface area contributed by atoms with E-state index in [4.69, 9.17) is 4.99 Å². The first-order valence-electron chi connectivity index (χ1n) is 11.6. The molecule has 2 aliphatic rings. The maximum Gasteiger partial charge on any atom is 0.0511 e. The van der Waals surface area contributed by atoms with Gasteiger partial charge in [-0.1, -0.05) is 87.6 Å². The molecule has 0 radical (unpaired) electrons.